The van der Waals surface area contributed by atoms with Crippen LogP contribution in [0.4, 0.5) is 0 Å². The van der Waals surface area contributed by atoms with Gasteiger partial charge in [0.05, 0.1) is 0 Å². The van der Waals surface area contributed by atoms with Crippen molar-refractivity contribution in [1.82, 2.24) is 0 Å². The molecule has 0 radical (unpaired) electrons. The van der Waals surface area contributed by atoms with Crippen LogP contribution in [0.3, 0.4) is 0 Å². The Morgan fingerprint density at radius 1 is 0.645 bits per heavy atom. The largest absolute Gasteiger partial charge is 0.360 e. The predicted molar refractivity (Wildman–Crippen MR) is 122 cm³/mol. The summed E-state index contributed by atoms with van der Waals surface area (Å²) in [7, 11) is 0. The number of allylic oxidation sites excluding steroid dienone is 2. The first-order valence-electron chi connectivity index (χ1n) is 10.3. The molecule has 6 rings (SSSR count). The Morgan fingerprint density at radius 2 is 1.16 bits per heavy atom. The van der Waals surface area contributed by atoms with Gasteiger partial charge in [-0.05, 0) is 11.1 Å². The normalized spacial score (nSPS) is 20.5. The molecular formula is C28H20O3. The van der Waals surface area contributed by atoms with E-state index in [2.05, 4.69) is 36.4 Å². The van der Waals surface area contributed by atoms with Crippen LogP contribution in [-0.4, -0.2) is 23.8 Å². The Balaban J connectivity index is 0.000000135. The molecule has 0 saturated carbocycles. The van der Waals surface area contributed by atoms with Gasteiger partial charge in [-0.3, -0.25) is 9.59 Å². The molecule has 3 aromatic carbocycles. The van der Waals surface area contributed by atoms with Crippen molar-refractivity contribution in [3.63, 3.8) is 0 Å². The Bertz CT molecular complexity index is 1190. The number of hydrogen-bond acceptors (Lipinski definition) is 3. The SMILES string of the molecule is C(=Cc1ccccc1)c1ccccc1.O=C1C2=C(C(=O)c3ccccc31)C1OC1C=C2. The maximum Gasteiger partial charge on any atom is 0.194 e. The Labute approximate surface area is 181 Å². The van der Waals surface area contributed by atoms with E-state index in [4.69, 9.17) is 4.74 Å². The Kier molecular flexibility index (Phi) is 5.03. The van der Waals surface area contributed by atoms with Crippen molar-refractivity contribution in [2.45, 2.75) is 12.2 Å². The van der Waals surface area contributed by atoms with E-state index in [1.54, 1.807) is 30.3 Å². The molecule has 0 amide bonds. The number of carbonyl (C=O) groups is 2. The van der Waals surface area contributed by atoms with Crippen molar-refractivity contribution < 1.29 is 14.3 Å². The zero-order valence-corrected chi connectivity index (χ0v) is 16.8. The van der Waals surface area contributed by atoms with E-state index in [0.717, 1.165) is 0 Å². The summed E-state index contributed by atoms with van der Waals surface area (Å²) in [5.74, 6) is -0.132. The van der Waals surface area contributed by atoms with E-state index in [-0.39, 0.29) is 23.8 Å². The lowest BCUT2D eigenvalue weighted by atomic mass is 9.80. The monoisotopic (exact) mass is 404 g/mol. The fourth-order valence-corrected chi connectivity index (χ4v) is 3.88. The third-order valence-corrected chi connectivity index (χ3v) is 5.53. The number of ketones is 2. The fourth-order valence-electron chi connectivity index (χ4n) is 3.88. The molecule has 1 saturated heterocycles. The predicted octanol–water partition coefficient (Wildman–Crippen LogP) is 5.56. The van der Waals surface area contributed by atoms with Gasteiger partial charge in [-0.1, -0.05) is 109 Å². The first-order chi connectivity index (χ1) is 15.2. The molecule has 0 N–H and O–H groups in total. The second kappa shape index (κ2) is 8.13. The summed E-state index contributed by atoms with van der Waals surface area (Å²) >= 11 is 0. The fraction of sp³-hybridized carbons (Fsp3) is 0.0714. The molecule has 150 valence electrons. The third-order valence-electron chi connectivity index (χ3n) is 5.53. The average Bonchev–Trinajstić information content (AvgIpc) is 3.63. The van der Waals surface area contributed by atoms with Crippen molar-refractivity contribution in [2.75, 3.05) is 0 Å². The molecule has 1 heterocycles. The van der Waals surface area contributed by atoms with Crippen LogP contribution in [0.5, 0.6) is 0 Å². The van der Waals surface area contributed by atoms with E-state index in [0.29, 0.717) is 22.3 Å². The molecular weight excluding hydrogens is 384 g/mol. The zero-order chi connectivity index (χ0) is 21.2. The van der Waals surface area contributed by atoms with E-state index < -0.39 is 0 Å². The summed E-state index contributed by atoms with van der Waals surface area (Å²) in [5, 5.41) is 0. The van der Waals surface area contributed by atoms with E-state index in [1.807, 2.05) is 42.5 Å². The molecule has 0 bridgehead atoms. The quantitative estimate of drug-likeness (QED) is 0.415. The maximum absolute atomic E-state index is 12.3. The number of Topliss-reactive ketones (excluding diaryl/α,β-unsaturated/α-hetero) is 2. The van der Waals surface area contributed by atoms with Gasteiger partial charge in [0, 0.05) is 22.3 Å². The molecule has 2 atom stereocenters. The third kappa shape index (κ3) is 3.83. The standard InChI is InChI=1S/C14H8O3.C14H12/c15-12-7-3-1-2-4-8(7)13(16)11-9(12)5-6-10-14(11)17-10;1-3-7-13(8-4-1)11-12-14-9-5-2-6-10-14/h1-6,10,14H;1-12H. The molecule has 1 fully saturated rings. The number of benzene rings is 3. The maximum atomic E-state index is 12.3. The van der Waals surface area contributed by atoms with Crippen molar-refractivity contribution in [3.8, 4) is 0 Å². The minimum absolute atomic E-state index is 0.00392. The molecule has 2 unspecified atom stereocenters. The summed E-state index contributed by atoms with van der Waals surface area (Å²) in [6.07, 6.45) is 7.61. The van der Waals surface area contributed by atoms with Gasteiger partial charge in [-0.2, -0.15) is 0 Å². The van der Waals surface area contributed by atoms with Crippen LogP contribution in [-0.2, 0) is 4.74 Å². The summed E-state index contributed by atoms with van der Waals surface area (Å²) in [6, 6.07) is 27.6. The molecule has 0 spiro atoms. The Morgan fingerprint density at radius 3 is 1.74 bits per heavy atom. The number of hydrogen-bond donors (Lipinski definition) is 0. The number of ether oxygens (including phenoxy) is 1. The van der Waals surface area contributed by atoms with Crippen LogP contribution in [0.1, 0.15) is 31.8 Å². The highest BCUT2D eigenvalue weighted by Gasteiger charge is 2.49. The van der Waals surface area contributed by atoms with Gasteiger partial charge in [0.1, 0.15) is 12.2 Å². The van der Waals surface area contributed by atoms with Crippen LogP contribution >= 0.6 is 0 Å². The van der Waals surface area contributed by atoms with E-state index >= 15 is 0 Å². The molecule has 3 heteroatoms. The zero-order valence-electron chi connectivity index (χ0n) is 16.8. The summed E-state index contributed by atoms with van der Waals surface area (Å²) in [4.78, 5) is 24.6. The van der Waals surface area contributed by atoms with Crippen LogP contribution in [0.2, 0.25) is 0 Å². The highest BCUT2D eigenvalue weighted by molar-refractivity contribution is 6.28. The minimum atomic E-state index is -0.195. The highest BCUT2D eigenvalue weighted by Crippen LogP contribution is 2.41. The van der Waals surface area contributed by atoms with Gasteiger partial charge >= 0.3 is 0 Å². The van der Waals surface area contributed by atoms with E-state index in [1.165, 1.54) is 11.1 Å². The van der Waals surface area contributed by atoms with E-state index in [9.17, 15) is 9.59 Å². The average molecular weight is 404 g/mol. The molecule has 0 aromatic heterocycles. The number of fused-ring (bicyclic) bond motifs is 3. The van der Waals surface area contributed by atoms with Gasteiger partial charge in [0.15, 0.2) is 11.6 Å². The lowest BCUT2D eigenvalue weighted by molar-refractivity contribution is 0.0971. The summed E-state index contributed by atoms with van der Waals surface area (Å²) in [6.45, 7) is 0. The van der Waals surface area contributed by atoms with Gasteiger partial charge in [0.25, 0.3) is 0 Å². The number of carbonyl (C=O) groups excluding carboxylic acids is 2. The first-order valence-corrected chi connectivity index (χ1v) is 10.3. The Hall–Kier alpha value is -3.82. The molecule has 3 aliphatic rings. The lowest BCUT2D eigenvalue weighted by Crippen LogP contribution is -2.26. The lowest BCUT2D eigenvalue weighted by Gasteiger charge is -2.19. The molecule has 3 nitrogen and oxygen atoms in total. The van der Waals surface area contributed by atoms with Crippen molar-refractivity contribution >= 4 is 23.7 Å². The number of epoxide rings is 1. The van der Waals surface area contributed by atoms with Crippen molar-refractivity contribution in [3.05, 3.63) is 130 Å². The van der Waals surface area contributed by atoms with Gasteiger partial charge in [-0.25, -0.2) is 0 Å². The molecule has 31 heavy (non-hydrogen) atoms. The van der Waals surface area contributed by atoms with Crippen LogP contribution in [0.25, 0.3) is 12.2 Å². The topological polar surface area (TPSA) is 46.7 Å². The van der Waals surface area contributed by atoms with Crippen LogP contribution in [0, 0.1) is 0 Å². The van der Waals surface area contributed by atoms with Crippen LogP contribution < -0.4 is 0 Å². The first kappa shape index (κ1) is 19.2. The van der Waals surface area contributed by atoms with Gasteiger partial charge in [-0.15, -0.1) is 0 Å². The molecule has 1 aliphatic heterocycles. The summed E-state index contributed by atoms with van der Waals surface area (Å²) < 4.78 is 5.36. The highest BCUT2D eigenvalue weighted by atomic mass is 16.6. The molecule has 2 aliphatic carbocycles. The molecule has 3 aromatic rings. The van der Waals surface area contributed by atoms with Gasteiger partial charge < -0.3 is 4.74 Å². The summed E-state index contributed by atoms with van der Waals surface area (Å²) in [5.41, 5.74) is 4.52. The van der Waals surface area contributed by atoms with Crippen molar-refractivity contribution in [1.29, 1.82) is 0 Å². The van der Waals surface area contributed by atoms with Crippen LogP contribution in [0.15, 0.2) is 108 Å². The van der Waals surface area contributed by atoms with Gasteiger partial charge in [0.2, 0.25) is 0 Å². The second-order valence-electron chi connectivity index (χ2n) is 7.57. The second-order valence-corrected chi connectivity index (χ2v) is 7.57. The van der Waals surface area contributed by atoms with Crippen molar-refractivity contribution in [2.24, 2.45) is 0 Å². The smallest absolute Gasteiger partial charge is 0.194 e. The number of rotatable bonds is 2. The minimum Gasteiger partial charge on any atom is -0.360 e.